The van der Waals surface area contributed by atoms with Gasteiger partial charge in [0, 0.05) is 0 Å². The molecule has 0 spiro atoms. The molecule has 2 aliphatic heterocycles. The maximum absolute atomic E-state index is 4.75. The molecule has 0 aromatic rings. The third-order valence-corrected chi connectivity index (χ3v) is 4.36. The van der Waals surface area contributed by atoms with E-state index in [2.05, 4.69) is 55.4 Å². The van der Waals surface area contributed by atoms with E-state index in [-0.39, 0.29) is 260 Å². The predicted octanol–water partition coefficient (Wildman–Crippen LogP) is -30.5. The van der Waals surface area contributed by atoms with E-state index in [1.165, 1.54) is 38.5 Å². The zero-order valence-corrected chi connectivity index (χ0v) is 34.0. The SMILES string of the molecule is CC1(C)CCCC(C)(C)[N-]1.CC1(C)CCCC(C)(C)[N-]1.[Cl-].[Cl-].[Cl-].[Cl-].[Cl-].[Cl-].[Cl-].[Cl-].[Li+].[Li+].[Li+].[Li+].[Mg+2].[Mg+2].[Mn+2]. The number of halogens is 8. The second-order valence-corrected chi connectivity index (χ2v) is 9.18. The van der Waals surface area contributed by atoms with Gasteiger partial charge in [0.15, 0.2) is 0 Å². The van der Waals surface area contributed by atoms with Crippen molar-refractivity contribution in [2.45, 2.75) is 116 Å². The minimum Gasteiger partial charge on any atom is -1.00 e. The molecule has 1 radical (unpaired) electrons. The normalized spacial score (nSPS) is 17.1. The zero-order valence-electron chi connectivity index (χ0n) is 24.0. The van der Waals surface area contributed by atoms with Gasteiger partial charge in [-0.3, -0.25) is 0 Å². The number of hydrogen-bond donors (Lipinski definition) is 0. The van der Waals surface area contributed by atoms with E-state index in [0.717, 1.165) is 0 Å². The standard InChI is InChI=1S/2C9H18N.8ClH.4Li.2Mg.Mn/c2*1-8(2)6-5-7-9(3,4)10-8;;;;;;;;;;;;;;;/h2*5-7H2,1-4H3;8*1H;;;;;;;/q2*-1;;;;;;;;;4*+1;3*+2/p-8. The van der Waals surface area contributed by atoms with E-state index in [4.69, 9.17) is 10.6 Å². The molecule has 0 amide bonds. The maximum atomic E-state index is 4.75. The summed E-state index contributed by atoms with van der Waals surface area (Å²) in [7, 11) is 0. The molecule has 0 aromatic carbocycles. The minimum absolute atomic E-state index is 0. The zero-order chi connectivity index (χ0) is 15.7. The Kier molecular flexibility index (Phi) is 119. The Bertz CT molecular complexity index is 312. The summed E-state index contributed by atoms with van der Waals surface area (Å²) in [5.74, 6) is 0. The van der Waals surface area contributed by atoms with Crippen LogP contribution in [-0.2, 0) is 17.1 Å². The topological polar surface area (TPSA) is 28.2 Å². The molecule has 2 saturated heterocycles. The van der Waals surface area contributed by atoms with Crippen molar-refractivity contribution >= 4 is 46.1 Å². The Morgan fingerprint density at radius 3 is 0.543 bits per heavy atom. The molecule has 189 valence electrons. The van der Waals surface area contributed by atoms with Gasteiger partial charge < -0.3 is 110 Å². The summed E-state index contributed by atoms with van der Waals surface area (Å²) < 4.78 is 0. The Hall–Kier alpha value is 6.68. The fourth-order valence-corrected chi connectivity index (χ4v) is 3.77. The van der Waals surface area contributed by atoms with Gasteiger partial charge in [-0.2, -0.15) is 0 Å². The summed E-state index contributed by atoms with van der Waals surface area (Å²) in [4.78, 5) is 0. The Labute approximate surface area is 359 Å². The van der Waals surface area contributed by atoms with Crippen LogP contribution in [0, 0.1) is 0 Å². The molecule has 17 heteroatoms. The number of rotatable bonds is 0. The maximum Gasteiger partial charge on any atom is 2.00 e. The molecule has 2 aliphatic rings. The van der Waals surface area contributed by atoms with Gasteiger partial charge in [-0.25, -0.2) is 0 Å². The van der Waals surface area contributed by atoms with Crippen LogP contribution in [0.5, 0.6) is 0 Å². The first-order valence-electron chi connectivity index (χ1n) is 8.31. The smallest absolute Gasteiger partial charge is 1.00 e. The second kappa shape index (κ2) is 42.8. The van der Waals surface area contributed by atoms with Crippen LogP contribution in [0.3, 0.4) is 0 Å². The molecule has 0 N–H and O–H groups in total. The first-order valence-corrected chi connectivity index (χ1v) is 8.31. The first kappa shape index (κ1) is 96.9. The fraction of sp³-hybridized carbons (Fsp3) is 1.00. The molecule has 0 bridgehead atoms. The van der Waals surface area contributed by atoms with Gasteiger partial charge in [-0.05, 0) is 0 Å². The van der Waals surface area contributed by atoms with Crippen LogP contribution in [-0.4, -0.2) is 68.3 Å². The second-order valence-electron chi connectivity index (χ2n) is 9.18. The Morgan fingerprint density at radius 1 is 0.371 bits per heavy atom. The summed E-state index contributed by atoms with van der Waals surface area (Å²) in [6.07, 6.45) is 7.72. The molecule has 0 saturated carbocycles. The quantitative estimate of drug-likeness (QED) is 0.226. The van der Waals surface area contributed by atoms with Gasteiger partial charge in [0.25, 0.3) is 0 Å². The summed E-state index contributed by atoms with van der Waals surface area (Å²) in [5.41, 5.74) is 0.951. The monoisotopic (exact) mass is 691 g/mol. The van der Waals surface area contributed by atoms with Gasteiger partial charge in [0.05, 0.1) is 0 Å². The third-order valence-electron chi connectivity index (χ3n) is 4.36. The van der Waals surface area contributed by atoms with Crippen LogP contribution in [0.15, 0.2) is 0 Å². The van der Waals surface area contributed by atoms with Gasteiger partial charge in [-0.1, -0.05) is 93.9 Å². The molecule has 0 aliphatic carbocycles. The third kappa shape index (κ3) is 50.6. The molecular formula is C18H36Cl8Li4Mg2MnN2. The molecule has 2 nitrogen and oxygen atoms in total. The summed E-state index contributed by atoms with van der Waals surface area (Å²) in [6, 6.07) is 0. The first-order chi connectivity index (χ1) is 8.83. The van der Waals surface area contributed by atoms with E-state index in [0.29, 0.717) is 0 Å². The van der Waals surface area contributed by atoms with Crippen LogP contribution in [0.4, 0.5) is 0 Å². The van der Waals surface area contributed by atoms with Crippen LogP contribution in [0.1, 0.15) is 93.9 Å². The van der Waals surface area contributed by atoms with Crippen molar-refractivity contribution in [1.82, 2.24) is 0 Å². The van der Waals surface area contributed by atoms with Crippen molar-refractivity contribution in [3.63, 3.8) is 0 Å². The summed E-state index contributed by atoms with van der Waals surface area (Å²) in [5, 5.41) is 9.49. The van der Waals surface area contributed by atoms with E-state index in [1.54, 1.807) is 0 Å². The molecule has 0 aromatic heterocycles. The molecule has 2 heterocycles. The van der Waals surface area contributed by atoms with Crippen LogP contribution in [0.25, 0.3) is 10.6 Å². The molecule has 0 unspecified atom stereocenters. The van der Waals surface area contributed by atoms with Gasteiger partial charge in [0.1, 0.15) is 0 Å². The molecule has 35 heavy (non-hydrogen) atoms. The van der Waals surface area contributed by atoms with E-state index < -0.39 is 0 Å². The van der Waals surface area contributed by atoms with Crippen molar-refractivity contribution < 1.29 is 192 Å². The van der Waals surface area contributed by atoms with E-state index >= 15 is 0 Å². The predicted molar refractivity (Wildman–Crippen MR) is 102 cm³/mol. The van der Waals surface area contributed by atoms with Crippen molar-refractivity contribution in [3.8, 4) is 0 Å². The fourth-order valence-electron chi connectivity index (χ4n) is 3.77. The van der Waals surface area contributed by atoms with Gasteiger partial charge in [-0.15, -0.1) is 22.2 Å². The Morgan fingerprint density at radius 2 is 0.486 bits per heavy atom. The molecular weight excluding hydrogens is 659 g/mol. The van der Waals surface area contributed by atoms with Crippen LogP contribution in [0.2, 0.25) is 0 Å². The summed E-state index contributed by atoms with van der Waals surface area (Å²) >= 11 is 0. The number of nitrogens with zero attached hydrogens (tertiary/aromatic N) is 2. The van der Waals surface area contributed by atoms with Crippen molar-refractivity contribution in [1.29, 1.82) is 0 Å². The average molecular weight is 695 g/mol. The van der Waals surface area contributed by atoms with E-state index in [1.807, 2.05) is 0 Å². The van der Waals surface area contributed by atoms with Gasteiger partial charge >= 0.3 is 139 Å². The molecule has 2 fully saturated rings. The largest absolute Gasteiger partial charge is 2.00 e. The van der Waals surface area contributed by atoms with Crippen molar-refractivity contribution in [2.24, 2.45) is 0 Å². The molecule has 0 atom stereocenters. The average Bonchev–Trinajstić information content (AvgIpc) is 2.09. The summed E-state index contributed by atoms with van der Waals surface area (Å²) in [6.45, 7) is 17.8. The number of hydrogen-bond acceptors (Lipinski definition) is 0. The van der Waals surface area contributed by atoms with Gasteiger partial charge in [0.2, 0.25) is 0 Å². The number of piperidine rings is 2. The van der Waals surface area contributed by atoms with Crippen LogP contribution >= 0.6 is 0 Å². The molecule has 2 rings (SSSR count). The van der Waals surface area contributed by atoms with Crippen molar-refractivity contribution in [2.75, 3.05) is 0 Å². The van der Waals surface area contributed by atoms with Crippen molar-refractivity contribution in [3.05, 3.63) is 10.6 Å². The van der Waals surface area contributed by atoms with E-state index in [9.17, 15) is 0 Å². The Balaban J connectivity index is -0.0000000123. The van der Waals surface area contributed by atoms with Crippen LogP contribution < -0.4 is 175 Å². The minimum atomic E-state index is 0.